The van der Waals surface area contributed by atoms with Gasteiger partial charge in [-0.25, -0.2) is 0 Å². The zero-order valence-corrected chi connectivity index (χ0v) is 10.4. The van der Waals surface area contributed by atoms with Crippen molar-refractivity contribution in [3.05, 3.63) is 0 Å². The minimum Gasteiger partial charge on any atom is -0.369 e. The lowest BCUT2D eigenvalue weighted by atomic mass is 9.92. The predicted octanol–water partition coefficient (Wildman–Crippen LogP) is 2.78. The molecule has 0 rings (SSSR count). The summed E-state index contributed by atoms with van der Waals surface area (Å²) in [6.07, 6.45) is 0. The van der Waals surface area contributed by atoms with Gasteiger partial charge < -0.3 is 5.73 Å². The summed E-state index contributed by atoms with van der Waals surface area (Å²) in [6, 6.07) is 0. The number of rotatable bonds is 0. The molecule has 0 heterocycles. The number of carbonyl (C=O) groups is 2. The van der Waals surface area contributed by atoms with Crippen LogP contribution in [0, 0.1) is 10.8 Å². The fourth-order valence-electron chi connectivity index (χ4n) is 0. The van der Waals surface area contributed by atoms with Gasteiger partial charge in [-0.2, -0.15) is 0 Å². The molecule has 0 unspecified atom stereocenters. The highest BCUT2D eigenvalue weighted by atomic mass is 16.1. The molecule has 0 radical (unpaired) electrons. The molecule has 0 aromatic rings. The average Bonchev–Trinajstić information content (AvgIpc) is 1.83. The van der Waals surface area contributed by atoms with E-state index in [4.69, 9.17) is 5.73 Å². The van der Waals surface area contributed by atoms with Crippen LogP contribution in [0.2, 0.25) is 0 Å². The molecule has 0 spiro atoms. The number of hydrogen-bond donors (Lipinski definition) is 1. The van der Waals surface area contributed by atoms with E-state index in [1.54, 1.807) is 27.7 Å². The van der Waals surface area contributed by atoms with E-state index in [-0.39, 0.29) is 29.9 Å². The van der Waals surface area contributed by atoms with Crippen LogP contribution in [-0.4, -0.2) is 11.7 Å². The number of primary amides is 1. The molecule has 0 aliphatic carbocycles. The van der Waals surface area contributed by atoms with Gasteiger partial charge in [0.2, 0.25) is 5.91 Å². The van der Waals surface area contributed by atoms with E-state index >= 15 is 0 Å². The van der Waals surface area contributed by atoms with E-state index in [2.05, 4.69) is 0 Å². The third-order valence-electron chi connectivity index (χ3n) is 1.80. The molecule has 0 aromatic carbocycles. The van der Waals surface area contributed by atoms with Crippen LogP contribution in [0.25, 0.3) is 0 Å². The van der Waals surface area contributed by atoms with Crippen LogP contribution < -0.4 is 5.73 Å². The maximum absolute atomic E-state index is 10.5. The first kappa shape index (κ1) is 19.7. The molecule has 92 valence electrons. The van der Waals surface area contributed by atoms with Gasteiger partial charge in [0.1, 0.15) is 5.78 Å². The van der Waals surface area contributed by atoms with Crippen molar-refractivity contribution >= 4 is 11.7 Å². The molecule has 0 bridgehead atoms. The number of Topliss-reactive ketones (excluding diaryl/α,β-unsaturated/α-hetero) is 1. The summed E-state index contributed by atoms with van der Waals surface area (Å²) in [5.74, 6) is -0.0139. The van der Waals surface area contributed by atoms with Gasteiger partial charge in [-0.15, -0.1) is 0 Å². The quantitative estimate of drug-likeness (QED) is 0.678. The van der Waals surface area contributed by atoms with E-state index < -0.39 is 0 Å². The van der Waals surface area contributed by atoms with Gasteiger partial charge in [-0.3, -0.25) is 9.59 Å². The summed E-state index contributed by atoms with van der Waals surface area (Å²) in [4.78, 5) is 20.7. The predicted molar refractivity (Wildman–Crippen MR) is 65.5 cm³/mol. The van der Waals surface area contributed by atoms with Crippen LogP contribution in [0.1, 0.15) is 55.9 Å². The van der Waals surface area contributed by atoms with Crippen molar-refractivity contribution in [1.82, 2.24) is 0 Å². The summed E-state index contributed by atoms with van der Waals surface area (Å²) in [5, 5.41) is 0. The van der Waals surface area contributed by atoms with Crippen LogP contribution >= 0.6 is 0 Å². The Bertz CT molecular complexity index is 183. The normalized spacial score (nSPS) is 10.6. The molecule has 15 heavy (non-hydrogen) atoms. The summed E-state index contributed by atoms with van der Waals surface area (Å²) >= 11 is 0. The molecule has 1 amide bonds. The molecule has 0 aliphatic rings. The molecular formula is C12H27NO2. The topological polar surface area (TPSA) is 60.2 Å². The second kappa shape index (κ2) is 6.59. The lowest BCUT2D eigenvalue weighted by molar-refractivity contribution is -0.125. The monoisotopic (exact) mass is 217 g/mol. The second-order valence-electron chi connectivity index (χ2n) is 5.42. The number of ketones is 1. The molecule has 3 heteroatoms. The van der Waals surface area contributed by atoms with Gasteiger partial charge >= 0.3 is 0 Å². The highest BCUT2D eigenvalue weighted by Crippen LogP contribution is 2.12. The summed E-state index contributed by atoms with van der Waals surface area (Å²) in [6.45, 7) is 12.7. The van der Waals surface area contributed by atoms with E-state index in [1.165, 1.54) is 0 Å². The van der Waals surface area contributed by atoms with E-state index in [1.807, 2.05) is 20.8 Å². The molecular weight excluding hydrogens is 190 g/mol. The van der Waals surface area contributed by atoms with Gasteiger partial charge in [0, 0.05) is 10.8 Å². The second-order valence-corrected chi connectivity index (χ2v) is 5.42. The van der Waals surface area contributed by atoms with E-state index in [9.17, 15) is 9.59 Å². The molecule has 0 fully saturated rings. The standard InChI is InChI=1S/C6H12O.C5H11NO.CH4/c1-5(7)6(2,3)4;1-5(2,3)4(6)7;/h1-4H3;1-3H3,(H2,6,7);1H4. The van der Waals surface area contributed by atoms with Crippen molar-refractivity contribution in [2.24, 2.45) is 16.6 Å². The SMILES string of the molecule is C.CC(=O)C(C)(C)C.CC(C)(C)C(N)=O. The van der Waals surface area contributed by atoms with Gasteiger partial charge in [-0.1, -0.05) is 49.0 Å². The van der Waals surface area contributed by atoms with Crippen molar-refractivity contribution in [1.29, 1.82) is 0 Å². The van der Waals surface area contributed by atoms with Crippen molar-refractivity contribution in [3.8, 4) is 0 Å². The highest BCUT2D eigenvalue weighted by Gasteiger charge is 2.16. The Balaban J connectivity index is -0.000000180. The largest absolute Gasteiger partial charge is 0.369 e. The Morgan fingerprint density at radius 1 is 0.867 bits per heavy atom. The highest BCUT2D eigenvalue weighted by molar-refractivity contribution is 5.80. The number of amides is 1. The van der Waals surface area contributed by atoms with Crippen molar-refractivity contribution < 1.29 is 9.59 Å². The summed E-state index contributed by atoms with van der Waals surface area (Å²) < 4.78 is 0. The lowest BCUT2D eigenvalue weighted by Gasteiger charge is -2.11. The average molecular weight is 217 g/mol. The van der Waals surface area contributed by atoms with Crippen molar-refractivity contribution in [2.75, 3.05) is 0 Å². The minimum atomic E-state index is -0.361. The van der Waals surface area contributed by atoms with Gasteiger partial charge in [0.15, 0.2) is 0 Å². The molecule has 0 aromatic heterocycles. The maximum atomic E-state index is 10.5. The molecule has 0 saturated heterocycles. The third kappa shape index (κ3) is 13.1. The maximum Gasteiger partial charge on any atom is 0.222 e. The summed E-state index contributed by atoms with van der Waals surface area (Å²) in [5.41, 5.74) is 4.43. The molecule has 2 N–H and O–H groups in total. The van der Waals surface area contributed by atoms with Crippen LogP contribution in [0.4, 0.5) is 0 Å². The van der Waals surface area contributed by atoms with Gasteiger partial charge in [0.05, 0.1) is 0 Å². The zero-order valence-electron chi connectivity index (χ0n) is 10.4. The van der Waals surface area contributed by atoms with E-state index in [0.717, 1.165) is 0 Å². The molecule has 0 atom stereocenters. The van der Waals surface area contributed by atoms with Crippen molar-refractivity contribution in [2.45, 2.75) is 55.9 Å². The van der Waals surface area contributed by atoms with E-state index in [0.29, 0.717) is 0 Å². The van der Waals surface area contributed by atoms with Gasteiger partial charge in [0.25, 0.3) is 0 Å². The number of nitrogens with two attached hydrogens (primary N) is 1. The van der Waals surface area contributed by atoms with Crippen LogP contribution in [0.15, 0.2) is 0 Å². The molecule has 3 nitrogen and oxygen atoms in total. The van der Waals surface area contributed by atoms with Gasteiger partial charge in [-0.05, 0) is 6.92 Å². The summed E-state index contributed by atoms with van der Waals surface area (Å²) in [7, 11) is 0. The first-order valence-electron chi connectivity index (χ1n) is 4.70. The molecule has 0 aliphatic heterocycles. The minimum absolute atomic E-state index is 0. The number of carbonyl (C=O) groups excluding carboxylic acids is 2. The lowest BCUT2D eigenvalue weighted by Crippen LogP contribution is -2.27. The Labute approximate surface area is 94.4 Å². The Kier molecular flexibility index (Phi) is 8.65. The molecule has 0 saturated carbocycles. The fourth-order valence-corrected chi connectivity index (χ4v) is 0. The fraction of sp³-hybridized carbons (Fsp3) is 0.833. The smallest absolute Gasteiger partial charge is 0.222 e. The Morgan fingerprint density at radius 2 is 1.00 bits per heavy atom. The van der Waals surface area contributed by atoms with Crippen LogP contribution in [0.3, 0.4) is 0 Å². The Morgan fingerprint density at radius 3 is 1.00 bits per heavy atom. The first-order valence-corrected chi connectivity index (χ1v) is 4.70. The zero-order chi connectivity index (χ0) is 12.2. The first-order chi connectivity index (χ1) is 5.89. The third-order valence-corrected chi connectivity index (χ3v) is 1.80. The van der Waals surface area contributed by atoms with Crippen LogP contribution in [-0.2, 0) is 9.59 Å². The van der Waals surface area contributed by atoms with Crippen LogP contribution in [0.5, 0.6) is 0 Å². The Hall–Kier alpha value is -0.860. The van der Waals surface area contributed by atoms with Crippen molar-refractivity contribution in [3.63, 3.8) is 0 Å². The number of hydrogen-bond acceptors (Lipinski definition) is 2.